The van der Waals surface area contributed by atoms with Gasteiger partial charge in [0.05, 0.1) is 23.5 Å². The second-order valence-electron chi connectivity index (χ2n) is 6.53. The van der Waals surface area contributed by atoms with E-state index in [9.17, 15) is 31.5 Å². The highest BCUT2D eigenvalue weighted by Gasteiger charge is 2.42. The molecule has 7 nitrogen and oxygen atoms in total. The van der Waals surface area contributed by atoms with Crippen LogP contribution in [-0.4, -0.2) is 50.7 Å². The van der Waals surface area contributed by atoms with Crippen molar-refractivity contribution in [2.24, 2.45) is 0 Å². The summed E-state index contributed by atoms with van der Waals surface area (Å²) in [6.07, 6.45) is -6.91. The van der Waals surface area contributed by atoms with Gasteiger partial charge in [-0.15, -0.1) is 0 Å². The van der Waals surface area contributed by atoms with Gasteiger partial charge in [0, 0.05) is 12.1 Å². The molecule has 1 aromatic carbocycles. The summed E-state index contributed by atoms with van der Waals surface area (Å²) in [4.78, 5) is 31.8. The Morgan fingerprint density at radius 2 is 1.97 bits per heavy atom. The van der Waals surface area contributed by atoms with Gasteiger partial charge in [-0.1, -0.05) is 6.07 Å². The highest BCUT2D eigenvalue weighted by atomic mass is 19.4. The van der Waals surface area contributed by atoms with Crippen LogP contribution < -0.4 is 5.32 Å². The lowest BCUT2D eigenvalue weighted by molar-refractivity contribution is -0.140. The average Bonchev–Trinajstić information content (AvgIpc) is 3.07. The van der Waals surface area contributed by atoms with Crippen molar-refractivity contribution in [3.05, 3.63) is 47.7 Å². The summed E-state index contributed by atoms with van der Waals surface area (Å²) >= 11 is 0. The molecule has 2 amide bonds. The molecule has 30 heavy (non-hydrogen) atoms. The SMILES string of the molecule is O=C(NCc1cc(-c2ccc(C(F)(F)F)c(F)c2)ncn1)[C@@H]1[C@@H](F)CCN1C(=O)O. The molecule has 1 aliphatic rings. The van der Waals surface area contributed by atoms with E-state index in [1.165, 1.54) is 6.07 Å². The normalized spacial score (nSPS) is 19.0. The molecule has 0 aliphatic carbocycles. The van der Waals surface area contributed by atoms with Crippen LogP contribution in [0.2, 0.25) is 0 Å². The summed E-state index contributed by atoms with van der Waals surface area (Å²) in [6.45, 7) is -0.320. The molecule has 0 radical (unpaired) electrons. The fourth-order valence-corrected chi connectivity index (χ4v) is 3.11. The van der Waals surface area contributed by atoms with E-state index in [4.69, 9.17) is 5.11 Å². The molecule has 2 atom stereocenters. The molecule has 2 heterocycles. The number of alkyl halides is 4. The highest BCUT2D eigenvalue weighted by Crippen LogP contribution is 2.33. The van der Waals surface area contributed by atoms with E-state index < -0.39 is 41.8 Å². The second kappa shape index (κ2) is 8.20. The van der Waals surface area contributed by atoms with E-state index >= 15 is 0 Å². The predicted octanol–water partition coefficient (Wildman–Crippen LogP) is 3.01. The van der Waals surface area contributed by atoms with Gasteiger partial charge in [-0.2, -0.15) is 13.2 Å². The fourth-order valence-electron chi connectivity index (χ4n) is 3.11. The van der Waals surface area contributed by atoms with Gasteiger partial charge < -0.3 is 10.4 Å². The summed E-state index contributed by atoms with van der Waals surface area (Å²) in [6, 6.07) is 2.17. The third-order valence-electron chi connectivity index (χ3n) is 4.58. The Bertz CT molecular complexity index is 969. The van der Waals surface area contributed by atoms with Crippen LogP contribution in [-0.2, 0) is 17.5 Å². The first-order valence-corrected chi connectivity index (χ1v) is 8.67. The Kier molecular flexibility index (Phi) is 5.85. The van der Waals surface area contributed by atoms with Crippen LogP contribution in [0.1, 0.15) is 17.7 Å². The largest absolute Gasteiger partial charge is 0.465 e. The van der Waals surface area contributed by atoms with Crippen LogP contribution in [0.15, 0.2) is 30.6 Å². The number of benzene rings is 1. The van der Waals surface area contributed by atoms with Crippen molar-refractivity contribution in [1.82, 2.24) is 20.2 Å². The van der Waals surface area contributed by atoms with E-state index in [0.29, 0.717) is 17.0 Å². The minimum Gasteiger partial charge on any atom is -0.465 e. The molecule has 2 aromatic rings. The molecule has 0 saturated carbocycles. The molecule has 12 heteroatoms. The number of carbonyl (C=O) groups excluding carboxylic acids is 1. The first kappa shape index (κ1) is 21.4. The lowest BCUT2D eigenvalue weighted by atomic mass is 10.1. The molecule has 1 aliphatic heterocycles. The maximum atomic E-state index is 13.9. The number of likely N-dealkylation sites (tertiary alicyclic amines) is 1. The van der Waals surface area contributed by atoms with Crippen LogP contribution >= 0.6 is 0 Å². The molecule has 3 rings (SSSR count). The molecular formula is C18H15F5N4O3. The zero-order valence-electron chi connectivity index (χ0n) is 15.2. The second-order valence-corrected chi connectivity index (χ2v) is 6.53. The number of hydrogen-bond acceptors (Lipinski definition) is 4. The number of rotatable bonds is 4. The molecule has 160 valence electrons. The van der Waals surface area contributed by atoms with Crippen molar-refractivity contribution in [1.29, 1.82) is 0 Å². The van der Waals surface area contributed by atoms with E-state index in [1.54, 1.807) is 0 Å². The van der Waals surface area contributed by atoms with Gasteiger partial charge in [-0.25, -0.2) is 23.5 Å². The van der Waals surface area contributed by atoms with Gasteiger partial charge >= 0.3 is 12.3 Å². The summed E-state index contributed by atoms with van der Waals surface area (Å²) in [5.74, 6) is -2.31. The van der Waals surface area contributed by atoms with E-state index in [1.807, 2.05) is 0 Å². The Morgan fingerprint density at radius 1 is 1.23 bits per heavy atom. The summed E-state index contributed by atoms with van der Waals surface area (Å²) in [5, 5.41) is 11.4. The quantitative estimate of drug-likeness (QED) is 0.728. The van der Waals surface area contributed by atoms with E-state index in [0.717, 1.165) is 12.4 Å². The summed E-state index contributed by atoms with van der Waals surface area (Å²) < 4.78 is 65.7. The van der Waals surface area contributed by atoms with Gasteiger partial charge in [0.1, 0.15) is 24.4 Å². The molecule has 1 saturated heterocycles. The predicted molar refractivity (Wildman–Crippen MR) is 92.3 cm³/mol. The lowest BCUT2D eigenvalue weighted by Gasteiger charge is -2.21. The number of halogens is 5. The molecule has 0 spiro atoms. The van der Waals surface area contributed by atoms with Crippen molar-refractivity contribution >= 4 is 12.0 Å². The monoisotopic (exact) mass is 430 g/mol. The van der Waals surface area contributed by atoms with Gasteiger partial charge in [0.25, 0.3) is 0 Å². The van der Waals surface area contributed by atoms with Crippen molar-refractivity contribution in [3.63, 3.8) is 0 Å². The number of carbonyl (C=O) groups is 2. The van der Waals surface area contributed by atoms with E-state index in [-0.39, 0.29) is 36.5 Å². The highest BCUT2D eigenvalue weighted by molar-refractivity contribution is 5.86. The number of hydrogen-bond donors (Lipinski definition) is 2. The summed E-state index contributed by atoms with van der Waals surface area (Å²) in [7, 11) is 0. The van der Waals surface area contributed by atoms with E-state index in [2.05, 4.69) is 15.3 Å². The molecule has 1 fully saturated rings. The summed E-state index contributed by atoms with van der Waals surface area (Å²) in [5.41, 5.74) is -1.03. The van der Waals surface area contributed by atoms with Gasteiger partial charge in [0.2, 0.25) is 5.91 Å². The third kappa shape index (κ3) is 4.47. The van der Waals surface area contributed by atoms with Gasteiger partial charge in [-0.3, -0.25) is 9.69 Å². The van der Waals surface area contributed by atoms with Crippen molar-refractivity contribution < 1.29 is 36.6 Å². The maximum Gasteiger partial charge on any atom is 0.419 e. The smallest absolute Gasteiger partial charge is 0.419 e. The Labute approximate surface area is 166 Å². The number of aromatic nitrogens is 2. The lowest BCUT2D eigenvalue weighted by Crippen LogP contribution is -2.48. The van der Waals surface area contributed by atoms with Crippen LogP contribution in [0.4, 0.5) is 26.7 Å². The first-order valence-electron chi connectivity index (χ1n) is 8.67. The zero-order valence-corrected chi connectivity index (χ0v) is 15.2. The molecule has 1 aromatic heterocycles. The fraction of sp³-hybridized carbons (Fsp3) is 0.333. The number of nitrogens with one attached hydrogen (secondary N) is 1. The Morgan fingerprint density at radius 3 is 2.60 bits per heavy atom. The Balaban J connectivity index is 1.73. The van der Waals surface area contributed by atoms with Crippen LogP contribution in [0.5, 0.6) is 0 Å². The maximum absolute atomic E-state index is 13.9. The van der Waals surface area contributed by atoms with Gasteiger partial charge in [-0.05, 0) is 24.6 Å². The third-order valence-corrected chi connectivity index (χ3v) is 4.58. The van der Waals surface area contributed by atoms with Crippen LogP contribution in [0.3, 0.4) is 0 Å². The first-order chi connectivity index (χ1) is 14.1. The Hall–Kier alpha value is -3.31. The molecule has 0 unspecified atom stereocenters. The van der Waals surface area contributed by atoms with Crippen LogP contribution in [0, 0.1) is 5.82 Å². The number of nitrogens with zero attached hydrogens (tertiary/aromatic N) is 3. The minimum absolute atomic E-state index is 0.0622. The minimum atomic E-state index is -4.83. The average molecular weight is 430 g/mol. The zero-order chi connectivity index (χ0) is 22.1. The van der Waals surface area contributed by atoms with Crippen molar-refractivity contribution in [2.45, 2.75) is 31.4 Å². The molecule has 0 bridgehead atoms. The van der Waals surface area contributed by atoms with Crippen molar-refractivity contribution in [3.8, 4) is 11.3 Å². The standard InChI is InChI=1S/C18H15F5N4O3/c19-12-3-4-27(17(29)30)15(12)16(28)24-7-10-6-14(26-8-25-10)9-1-2-11(13(20)5-9)18(21,22)23/h1-2,5-6,8,12,15H,3-4,7H2,(H,24,28)(H,29,30)/t12-,15-/m0/s1. The topological polar surface area (TPSA) is 95.4 Å². The van der Waals surface area contributed by atoms with Crippen LogP contribution in [0.25, 0.3) is 11.3 Å². The number of carboxylic acid groups (broad SMARTS) is 1. The van der Waals surface area contributed by atoms with Crippen molar-refractivity contribution in [2.75, 3.05) is 6.54 Å². The van der Waals surface area contributed by atoms with Gasteiger partial charge in [0.15, 0.2) is 0 Å². The number of amides is 2. The molecule has 2 N–H and O–H groups in total. The molecular weight excluding hydrogens is 415 g/mol.